The summed E-state index contributed by atoms with van der Waals surface area (Å²) in [6, 6.07) is 5.74. The van der Waals surface area contributed by atoms with Gasteiger partial charge in [-0.25, -0.2) is 0 Å². The molecule has 1 rings (SSSR count). The van der Waals surface area contributed by atoms with Crippen molar-refractivity contribution in [3.05, 3.63) is 29.8 Å². The second-order valence-electron chi connectivity index (χ2n) is 7.82. The Bertz CT molecular complexity index is 743. The number of rotatable bonds is 13. The van der Waals surface area contributed by atoms with Crippen LogP contribution in [0.1, 0.15) is 50.4 Å². The molecule has 0 aromatic heterocycles. The Morgan fingerprint density at radius 1 is 1.19 bits per heavy atom. The molecule has 10 nitrogen and oxygen atoms in total. The Balaban J connectivity index is 2.87. The Hall–Kier alpha value is -2.79. The number of carbonyl (C=O) groups excluding carboxylic acids is 2. The van der Waals surface area contributed by atoms with Gasteiger partial charge in [-0.1, -0.05) is 13.8 Å². The van der Waals surface area contributed by atoms with E-state index in [0.717, 1.165) is 0 Å². The molecule has 1 aromatic carbocycles. The van der Waals surface area contributed by atoms with Gasteiger partial charge in [-0.2, -0.15) is 0 Å². The molecular formula is C21H36BN5O5. The minimum atomic E-state index is -1.70. The van der Waals surface area contributed by atoms with Crippen molar-refractivity contribution in [3.8, 4) is 5.75 Å². The number of nitrogens with one attached hydrogen (secondary N) is 3. The maximum absolute atomic E-state index is 12.9. The predicted octanol–water partition coefficient (Wildman–Crippen LogP) is 0.0409. The van der Waals surface area contributed by atoms with Crippen LogP contribution in [0.5, 0.6) is 5.75 Å². The van der Waals surface area contributed by atoms with E-state index in [9.17, 15) is 19.6 Å². The van der Waals surface area contributed by atoms with Crippen LogP contribution in [0.25, 0.3) is 0 Å². The van der Waals surface area contributed by atoms with E-state index in [2.05, 4.69) is 20.9 Å². The maximum atomic E-state index is 12.9. The molecule has 2 atom stereocenters. The van der Waals surface area contributed by atoms with Gasteiger partial charge in [0, 0.05) is 19.2 Å². The van der Waals surface area contributed by atoms with Crippen molar-refractivity contribution in [3.63, 3.8) is 0 Å². The van der Waals surface area contributed by atoms with Crippen LogP contribution >= 0.6 is 0 Å². The molecule has 0 saturated heterocycles. The number of amides is 2. The molecular weight excluding hydrogens is 413 g/mol. The van der Waals surface area contributed by atoms with Gasteiger partial charge >= 0.3 is 7.12 Å². The second kappa shape index (κ2) is 14.3. The number of hydrogen-bond donors (Lipinski definition) is 6. The molecule has 0 fully saturated rings. The topological polar surface area (TPSA) is 158 Å². The standard InChI is InChI=1S/C21H36BN5O5/c1-5-32-16-10-8-15(9-11-16)19(28)26-17(7-6-12-25-21(23)24-4)20(29)27-18(22(30)31)13-14(2)3/h8-11,14,17-18,30-31H,5-7,12-13H2,1-4H3,(H,26,28)(H,27,29)(H3,23,24,25)/t17-,18-/m0/s1. The number of ether oxygens (including phenoxy) is 1. The fraction of sp³-hybridized carbons (Fsp3) is 0.571. The van der Waals surface area contributed by atoms with Crippen LogP contribution in [0.3, 0.4) is 0 Å². The highest BCUT2D eigenvalue weighted by Gasteiger charge is 2.29. The van der Waals surface area contributed by atoms with Crippen LogP contribution in [-0.2, 0) is 4.79 Å². The molecule has 0 spiro atoms. The molecule has 0 unspecified atom stereocenters. The lowest BCUT2D eigenvalue weighted by atomic mass is 9.75. The lowest BCUT2D eigenvalue weighted by Crippen LogP contribution is -2.54. The normalized spacial score (nSPS) is 13.3. The van der Waals surface area contributed by atoms with E-state index in [4.69, 9.17) is 10.5 Å². The van der Waals surface area contributed by atoms with Gasteiger partial charge in [0.2, 0.25) is 5.91 Å². The molecule has 2 amide bonds. The van der Waals surface area contributed by atoms with Gasteiger partial charge in [0.1, 0.15) is 11.8 Å². The van der Waals surface area contributed by atoms with E-state index >= 15 is 0 Å². The van der Waals surface area contributed by atoms with Crippen LogP contribution in [0.15, 0.2) is 29.3 Å². The number of hydrogen-bond acceptors (Lipinski definition) is 6. The summed E-state index contributed by atoms with van der Waals surface area (Å²) in [6.07, 6.45) is 1.22. The summed E-state index contributed by atoms with van der Waals surface area (Å²) in [4.78, 5) is 29.4. The minimum absolute atomic E-state index is 0.138. The summed E-state index contributed by atoms with van der Waals surface area (Å²) in [5.74, 6) is -0.674. The first-order valence-electron chi connectivity index (χ1n) is 10.8. The number of guanidine groups is 1. The van der Waals surface area contributed by atoms with Crippen molar-refractivity contribution in [1.82, 2.24) is 16.0 Å². The van der Waals surface area contributed by atoms with Gasteiger partial charge in [-0.05, 0) is 56.4 Å². The van der Waals surface area contributed by atoms with Crippen molar-refractivity contribution >= 4 is 24.9 Å². The Morgan fingerprint density at radius 3 is 2.38 bits per heavy atom. The lowest BCUT2D eigenvalue weighted by molar-refractivity contribution is -0.123. The van der Waals surface area contributed by atoms with Crippen LogP contribution in [0.4, 0.5) is 0 Å². The van der Waals surface area contributed by atoms with Crippen molar-refractivity contribution in [2.75, 3.05) is 20.2 Å². The molecule has 0 bridgehead atoms. The molecule has 0 aliphatic carbocycles. The summed E-state index contributed by atoms with van der Waals surface area (Å²) in [5.41, 5.74) is 5.99. The summed E-state index contributed by atoms with van der Waals surface area (Å²) in [6.45, 7) is 6.68. The van der Waals surface area contributed by atoms with E-state index < -0.39 is 30.9 Å². The SMILES string of the molecule is CCOc1ccc(C(=O)N[C@@H](CCCNC(N)=NC)C(=O)N[C@@H](CC(C)C)B(O)O)cc1. The smallest absolute Gasteiger partial charge is 0.475 e. The third kappa shape index (κ3) is 10.0. The van der Waals surface area contributed by atoms with Gasteiger partial charge < -0.3 is 36.5 Å². The average molecular weight is 449 g/mol. The molecule has 1 aromatic rings. The van der Waals surface area contributed by atoms with Crippen molar-refractivity contribution in [1.29, 1.82) is 0 Å². The zero-order valence-electron chi connectivity index (χ0n) is 19.3. The molecule has 178 valence electrons. The molecule has 0 radical (unpaired) electrons. The van der Waals surface area contributed by atoms with Crippen LogP contribution in [0, 0.1) is 5.92 Å². The summed E-state index contributed by atoms with van der Waals surface area (Å²) in [5, 5.41) is 27.5. The molecule has 32 heavy (non-hydrogen) atoms. The Morgan fingerprint density at radius 2 is 1.84 bits per heavy atom. The van der Waals surface area contributed by atoms with Crippen LogP contribution in [0.2, 0.25) is 0 Å². The number of nitrogens with zero attached hydrogens (tertiary/aromatic N) is 1. The van der Waals surface area contributed by atoms with E-state index in [0.29, 0.717) is 43.7 Å². The van der Waals surface area contributed by atoms with E-state index in [1.165, 1.54) is 0 Å². The Labute approximate surface area is 190 Å². The van der Waals surface area contributed by atoms with Gasteiger partial charge in [0.25, 0.3) is 5.91 Å². The highest BCUT2D eigenvalue weighted by molar-refractivity contribution is 6.43. The molecule has 0 aliphatic heterocycles. The zero-order chi connectivity index (χ0) is 24.1. The molecule has 11 heteroatoms. The van der Waals surface area contributed by atoms with Crippen molar-refractivity contribution < 1.29 is 24.4 Å². The average Bonchev–Trinajstić information content (AvgIpc) is 2.75. The van der Waals surface area contributed by atoms with E-state index in [-0.39, 0.29) is 11.9 Å². The quantitative estimate of drug-likeness (QED) is 0.107. The first kappa shape index (κ1) is 27.2. The second-order valence-corrected chi connectivity index (χ2v) is 7.82. The van der Waals surface area contributed by atoms with Crippen LogP contribution < -0.4 is 26.4 Å². The third-order valence-corrected chi connectivity index (χ3v) is 4.68. The number of aliphatic imine (C=N–C) groups is 1. The van der Waals surface area contributed by atoms with Crippen molar-refractivity contribution in [2.24, 2.45) is 16.6 Å². The van der Waals surface area contributed by atoms with Crippen LogP contribution in [-0.4, -0.2) is 67.1 Å². The van der Waals surface area contributed by atoms with Gasteiger partial charge in [0.15, 0.2) is 5.96 Å². The van der Waals surface area contributed by atoms with Gasteiger partial charge in [0.05, 0.1) is 12.5 Å². The molecule has 0 aliphatic rings. The Kier molecular flexibility index (Phi) is 12.2. The first-order valence-corrected chi connectivity index (χ1v) is 10.8. The van der Waals surface area contributed by atoms with Gasteiger partial charge in [-0.3, -0.25) is 14.6 Å². The lowest BCUT2D eigenvalue weighted by Gasteiger charge is -2.24. The summed E-state index contributed by atoms with van der Waals surface area (Å²) >= 11 is 0. The molecule has 0 heterocycles. The first-order chi connectivity index (χ1) is 15.2. The number of benzene rings is 1. The van der Waals surface area contributed by atoms with E-state index in [1.54, 1.807) is 31.3 Å². The maximum Gasteiger partial charge on any atom is 0.475 e. The fourth-order valence-corrected chi connectivity index (χ4v) is 3.03. The fourth-order valence-electron chi connectivity index (χ4n) is 3.03. The molecule has 0 saturated carbocycles. The minimum Gasteiger partial charge on any atom is -0.494 e. The highest BCUT2D eigenvalue weighted by Crippen LogP contribution is 2.13. The monoisotopic (exact) mass is 449 g/mol. The van der Waals surface area contributed by atoms with E-state index in [1.807, 2.05) is 20.8 Å². The number of nitrogens with two attached hydrogens (primary N) is 1. The largest absolute Gasteiger partial charge is 0.494 e. The number of carbonyl (C=O) groups is 2. The zero-order valence-corrected chi connectivity index (χ0v) is 19.3. The van der Waals surface area contributed by atoms with Crippen molar-refractivity contribution in [2.45, 2.75) is 52.0 Å². The molecule has 7 N–H and O–H groups in total. The summed E-state index contributed by atoms with van der Waals surface area (Å²) in [7, 11) is -0.143. The van der Waals surface area contributed by atoms with Gasteiger partial charge in [-0.15, -0.1) is 0 Å². The third-order valence-electron chi connectivity index (χ3n) is 4.68. The highest BCUT2D eigenvalue weighted by atomic mass is 16.5. The summed E-state index contributed by atoms with van der Waals surface area (Å²) < 4.78 is 5.38. The predicted molar refractivity (Wildman–Crippen MR) is 125 cm³/mol.